The van der Waals surface area contributed by atoms with Crippen LogP contribution in [0, 0.1) is 11.6 Å². The molecule has 0 spiro atoms. The molecule has 5 rings (SSSR count). The molecule has 0 bridgehead atoms. The summed E-state index contributed by atoms with van der Waals surface area (Å²) in [7, 11) is 0. The Balaban J connectivity index is 1.26. The summed E-state index contributed by atoms with van der Waals surface area (Å²) in [6.45, 7) is 2.36. The van der Waals surface area contributed by atoms with E-state index in [9.17, 15) is 23.2 Å². The molecule has 2 saturated heterocycles. The lowest BCUT2D eigenvalue weighted by molar-refractivity contribution is -0.123. The van der Waals surface area contributed by atoms with Gasteiger partial charge in [0.25, 0.3) is 17.1 Å². The van der Waals surface area contributed by atoms with Gasteiger partial charge in [-0.15, -0.1) is 0 Å². The van der Waals surface area contributed by atoms with Crippen molar-refractivity contribution in [3.8, 4) is 0 Å². The first-order valence-corrected chi connectivity index (χ1v) is 12.6. The van der Waals surface area contributed by atoms with Crippen LogP contribution < -0.4 is 4.90 Å². The molecule has 188 valence electrons. The topological polar surface area (TPSA) is 60.9 Å². The smallest absolute Gasteiger partial charge is 0.293 e. The number of benzene rings is 3. The minimum Gasteiger partial charge on any atom is -0.368 e. The van der Waals surface area contributed by atoms with Gasteiger partial charge in [0, 0.05) is 49.1 Å². The minimum absolute atomic E-state index is 0.0462. The van der Waals surface area contributed by atoms with Crippen LogP contribution >= 0.6 is 11.8 Å². The summed E-state index contributed by atoms with van der Waals surface area (Å²) in [5, 5.41) is -0.538. The van der Waals surface area contributed by atoms with Gasteiger partial charge in [-0.3, -0.25) is 19.3 Å². The van der Waals surface area contributed by atoms with Crippen molar-refractivity contribution in [2.24, 2.45) is 0 Å². The highest BCUT2D eigenvalue weighted by Crippen LogP contribution is 2.33. The molecule has 2 aliphatic rings. The van der Waals surface area contributed by atoms with E-state index in [4.69, 9.17) is 0 Å². The first-order valence-electron chi connectivity index (χ1n) is 11.8. The molecule has 37 heavy (non-hydrogen) atoms. The van der Waals surface area contributed by atoms with Gasteiger partial charge < -0.3 is 9.80 Å². The van der Waals surface area contributed by atoms with Crippen LogP contribution in [0.1, 0.15) is 21.5 Å². The van der Waals surface area contributed by atoms with Gasteiger partial charge >= 0.3 is 0 Å². The van der Waals surface area contributed by atoms with Gasteiger partial charge in [0.2, 0.25) is 0 Å². The van der Waals surface area contributed by atoms with Gasteiger partial charge in [-0.25, -0.2) is 8.78 Å². The highest BCUT2D eigenvalue weighted by atomic mass is 32.2. The van der Waals surface area contributed by atoms with Gasteiger partial charge in [0.1, 0.15) is 11.6 Å². The SMILES string of the molecule is O=C(c1cccc(C=C2SC(=O)N(Cc3ccc(F)cc3F)C2=O)c1)N1CCN(c2ccccc2)CC1. The molecule has 0 unspecified atom stereocenters. The molecule has 0 saturated carbocycles. The molecule has 2 aliphatic heterocycles. The van der Waals surface area contributed by atoms with E-state index in [1.165, 1.54) is 6.07 Å². The van der Waals surface area contributed by atoms with Crippen LogP contribution in [0.4, 0.5) is 19.3 Å². The van der Waals surface area contributed by atoms with Crippen molar-refractivity contribution in [1.82, 2.24) is 9.80 Å². The largest absolute Gasteiger partial charge is 0.368 e. The number of hydrogen-bond donors (Lipinski definition) is 0. The van der Waals surface area contributed by atoms with E-state index in [0.717, 1.165) is 41.5 Å². The van der Waals surface area contributed by atoms with Crippen LogP contribution in [0.25, 0.3) is 6.08 Å². The Labute approximate surface area is 217 Å². The zero-order valence-electron chi connectivity index (χ0n) is 19.8. The summed E-state index contributed by atoms with van der Waals surface area (Å²) in [4.78, 5) is 43.6. The lowest BCUT2D eigenvalue weighted by atomic mass is 10.1. The normalized spacial score (nSPS) is 17.1. The maximum atomic E-state index is 14.0. The Morgan fingerprint density at radius 2 is 1.65 bits per heavy atom. The van der Waals surface area contributed by atoms with E-state index in [-0.39, 0.29) is 22.9 Å². The zero-order chi connectivity index (χ0) is 25.9. The molecular weight excluding hydrogens is 496 g/mol. The van der Waals surface area contributed by atoms with Gasteiger partial charge in [-0.1, -0.05) is 36.4 Å². The van der Waals surface area contributed by atoms with Gasteiger partial charge in [-0.05, 0) is 53.7 Å². The number of thioether (sulfide) groups is 1. The van der Waals surface area contributed by atoms with Gasteiger partial charge in [0.15, 0.2) is 0 Å². The summed E-state index contributed by atoms with van der Waals surface area (Å²) in [5.74, 6) is -2.21. The molecule has 3 amide bonds. The molecule has 0 N–H and O–H groups in total. The Kier molecular flexibility index (Phi) is 7.05. The van der Waals surface area contributed by atoms with E-state index in [2.05, 4.69) is 17.0 Å². The fourth-order valence-electron chi connectivity index (χ4n) is 4.36. The van der Waals surface area contributed by atoms with Crippen molar-refractivity contribution in [2.45, 2.75) is 6.54 Å². The number of hydrogen-bond acceptors (Lipinski definition) is 5. The van der Waals surface area contributed by atoms with Crippen molar-refractivity contribution in [2.75, 3.05) is 31.1 Å². The monoisotopic (exact) mass is 519 g/mol. The van der Waals surface area contributed by atoms with Gasteiger partial charge in [-0.2, -0.15) is 0 Å². The van der Waals surface area contributed by atoms with Crippen molar-refractivity contribution in [3.63, 3.8) is 0 Å². The fraction of sp³-hybridized carbons (Fsp3) is 0.179. The molecule has 6 nitrogen and oxygen atoms in total. The third-order valence-electron chi connectivity index (χ3n) is 6.34. The molecule has 0 radical (unpaired) electrons. The van der Waals surface area contributed by atoms with Gasteiger partial charge in [0.05, 0.1) is 11.4 Å². The number of carbonyl (C=O) groups excluding carboxylic acids is 3. The first kappa shape index (κ1) is 24.7. The highest BCUT2D eigenvalue weighted by Gasteiger charge is 2.35. The standard InChI is InChI=1S/C28H23F2N3O3S/c29-22-10-9-21(24(30)17-22)18-33-27(35)25(37-28(33)36)16-19-5-4-6-20(15-19)26(34)32-13-11-31(12-14-32)23-7-2-1-3-8-23/h1-10,15-17H,11-14,18H2. The number of para-hydroxylation sites is 1. The molecule has 2 fully saturated rings. The second-order valence-corrected chi connectivity index (χ2v) is 9.74. The molecule has 9 heteroatoms. The second-order valence-electron chi connectivity index (χ2n) is 8.74. The van der Waals surface area contributed by atoms with E-state index >= 15 is 0 Å². The van der Waals surface area contributed by atoms with Crippen LogP contribution in [-0.4, -0.2) is 53.0 Å². The lowest BCUT2D eigenvalue weighted by Gasteiger charge is -2.36. The summed E-state index contributed by atoms with van der Waals surface area (Å²) >= 11 is 0.746. The van der Waals surface area contributed by atoms with Crippen molar-refractivity contribution < 1.29 is 23.2 Å². The Bertz CT molecular complexity index is 1390. The Hall–Kier alpha value is -3.98. The average molecular weight is 520 g/mol. The minimum atomic E-state index is -0.821. The number of anilines is 1. The summed E-state index contributed by atoms with van der Waals surface area (Å²) in [6.07, 6.45) is 1.55. The van der Waals surface area contributed by atoms with Crippen LogP contribution in [0.3, 0.4) is 0 Å². The number of nitrogens with zero attached hydrogens (tertiary/aromatic N) is 3. The summed E-state index contributed by atoms with van der Waals surface area (Å²) < 4.78 is 27.2. The van der Waals surface area contributed by atoms with E-state index in [1.54, 1.807) is 30.3 Å². The quantitative estimate of drug-likeness (QED) is 0.436. The zero-order valence-corrected chi connectivity index (χ0v) is 20.6. The van der Waals surface area contributed by atoms with E-state index in [1.807, 2.05) is 23.1 Å². The third-order valence-corrected chi connectivity index (χ3v) is 7.24. The van der Waals surface area contributed by atoms with Crippen molar-refractivity contribution >= 4 is 40.6 Å². The van der Waals surface area contributed by atoms with E-state index < -0.39 is 22.8 Å². The molecule has 0 aromatic heterocycles. The molecule has 0 atom stereocenters. The predicted octanol–water partition coefficient (Wildman–Crippen LogP) is 5.16. The molecule has 0 aliphatic carbocycles. The van der Waals surface area contributed by atoms with Crippen LogP contribution in [0.2, 0.25) is 0 Å². The van der Waals surface area contributed by atoms with Crippen LogP contribution in [-0.2, 0) is 11.3 Å². The Morgan fingerprint density at radius 3 is 2.38 bits per heavy atom. The predicted molar refractivity (Wildman–Crippen MR) is 139 cm³/mol. The highest BCUT2D eigenvalue weighted by molar-refractivity contribution is 8.18. The van der Waals surface area contributed by atoms with Crippen molar-refractivity contribution in [1.29, 1.82) is 0 Å². The number of halogens is 2. The molecule has 3 aromatic rings. The summed E-state index contributed by atoms with van der Waals surface area (Å²) in [5.41, 5.74) is 2.28. The number of imide groups is 1. The van der Waals surface area contributed by atoms with Crippen molar-refractivity contribution in [3.05, 3.63) is 106 Å². The molecule has 2 heterocycles. The van der Waals surface area contributed by atoms with Crippen LogP contribution in [0.15, 0.2) is 77.7 Å². The average Bonchev–Trinajstić information content (AvgIpc) is 3.17. The fourth-order valence-corrected chi connectivity index (χ4v) is 5.20. The first-order chi connectivity index (χ1) is 17.9. The summed E-state index contributed by atoms with van der Waals surface area (Å²) in [6, 6.07) is 20.0. The number of carbonyl (C=O) groups is 3. The Morgan fingerprint density at radius 1 is 0.892 bits per heavy atom. The maximum absolute atomic E-state index is 14.0. The lowest BCUT2D eigenvalue weighted by Crippen LogP contribution is -2.48. The molecule has 3 aromatic carbocycles. The molecular formula is C28H23F2N3O3S. The number of piperazine rings is 1. The van der Waals surface area contributed by atoms with E-state index in [0.29, 0.717) is 30.3 Å². The second kappa shape index (κ2) is 10.6. The maximum Gasteiger partial charge on any atom is 0.293 e. The number of rotatable bonds is 5. The third kappa shape index (κ3) is 5.41. The number of amides is 3. The van der Waals surface area contributed by atoms with Crippen LogP contribution in [0.5, 0.6) is 0 Å².